The van der Waals surface area contributed by atoms with E-state index in [0.29, 0.717) is 29.4 Å². The Balaban J connectivity index is 1.96. The lowest BCUT2D eigenvalue weighted by molar-refractivity contribution is -0.130. The molecule has 0 saturated heterocycles. The number of benzene rings is 2. The van der Waals surface area contributed by atoms with Crippen molar-refractivity contribution in [2.24, 2.45) is 0 Å². The third kappa shape index (κ3) is 3.83. The number of ether oxygens (including phenoxy) is 3. The van der Waals surface area contributed by atoms with Crippen LogP contribution in [0.2, 0.25) is 0 Å². The van der Waals surface area contributed by atoms with Crippen molar-refractivity contribution in [3.63, 3.8) is 0 Å². The summed E-state index contributed by atoms with van der Waals surface area (Å²) in [6.07, 6.45) is 3.53. The maximum absolute atomic E-state index is 12.2. The van der Waals surface area contributed by atoms with E-state index in [9.17, 15) is 4.79 Å². The number of methoxy groups -OCH3 is 1. The minimum Gasteiger partial charge on any atom is -0.492 e. The van der Waals surface area contributed by atoms with Gasteiger partial charge < -0.3 is 14.2 Å². The molecule has 5 heteroatoms. The van der Waals surface area contributed by atoms with E-state index < -0.39 is 0 Å². The second-order valence-electron chi connectivity index (χ2n) is 5.83. The zero-order chi connectivity index (χ0) is 18.7. The fourth-order valence-corrected chi connectivity index (χ4v) is 3.28. The Morgan fingerprint density at radius 3 is 2.58 bits per heavy atom. The van der Waals surface area contributed by atoms with E-state index in [4.69, 9.17) is 14.2 Å². The van der Waals surface area contributed by atoms with Crippen LogP contribution in [-0.2, 0) is 9.53 Å². The smallest absolute Gasteiger partial charge is 0.343 e. The van der Waals surface area contributed by atoms with Crippen LogP contribution in [0.3, 0.4) is 0 Å². The second-order valence-corrected chi connectivity index (χ2v) is 6.69. The average Bonchev–Trinajstić information content (AvgIpc) is 2.96. The first-order valence-electron chi connectivity index (χ1n) is 8.24. The monoisotopic (exact) mass is 414 g/mol. The zero-order valence-corrected chi connectivity index (χ0v) is 16.4. The number of aryl methyl sites for hydroxylation is 1. The van der Waals surface area contributed by atoms with E-state index in [0.717, 1.165) is 21.2 Å². The predicted molar refractivity (Wildman–Crippen MR) is 105 cm³/mol. The summed E-state index contributed by atoms with van der Waals surface area (Å²) >= 11 is 3.48. The van der Waals surface area contributed by atoms with Gasteiger partial charge in [-0.25, -0.2) is 4.79 Å². The van der Waals surface area contributed by atoms with Gasteiger partial charge in [0.15, 0.2) is 11.5 Å². The van der Waals surface area contributed by atoms with Crippen molar-refractivity contribution in [3.8, 4) is 11.5 Å². The number of cyclic esters (lactones) is 1. The molecule has 0 bridgehead atoms. The third-order valence-corrected chi connectivity index (χ3v) is 4.51. The summed E-state index contributed by atoms with van der Waals surface area (Å²) in [6.45, 7) is 4.44. The minimum atomic E-state index is -0.370. The highest BCUT2D eigenvalue weighted by molar-refractivity contribution is 9.10. The Kier molecular flexibility index (Phi) is 5.47. The van der Waals surface area contributed by atoms with Crippen LogP contribution in [-0.4, -0.2) is 19.7 Å². The summed E-state index contributed by atoms with van der Waals surface area (Å²) in [5, 5.41) is 0. The summed E-state index contributed by atoms with van der Waals surface area (Å²) in [6, 6.07) is 11.6. The Hall–Kier alpha value is -2.53. The molecule has 2 aromatic carbocycles. The standard InChI is InChI=1S/C21H19BrO4/c1-4-25-19-11-14(10-17(22)20(19)24-3)9-16-12-18(26-21(16)23)15-7-5-13(2)6-8-15/h5-12H,4H2,1-3H3/b16-9+. The summed E-state index contributed by atoms with van der Waals surface area (Å²) < 4.78 is 17.2. The van der Waals surface area contributed by atoms with Crippen molar-refractivity contribution in [1.29, 1.82) is 0 Å². The van der Waals surface area contributed by atoms with Crippen LogP contribution in [0.15, 0.2) is 52.5 Å². The van der Waals surface area contributed by atoms with Gasteiger partial charge in [-0.05, 0) is 59.6 Å². The van der Waals surface area contributed by atoms with E-state index in [1.165, 1.54) is 0 Å². The van der Waals surface area contributed by atoms with E-state index in [-0.39, 0.29) is 5.97 Å². The molecule has 0 spiro atoms. The van der Waals surface area contributed by atoms with Crippen LogP contribution >= 0.6 is 15.9 Å². The highest BCUT2D eigenvalue weighted by atomic mass is 79.9. The first kappa shape index (κ1) is 18.3. The first-order chi connectivity index (χ1) is 12.5. The molecule has 1 aliphatic heterocycles. The zero-order valence-electron chi connectivity index (χ0n) is 14.8. The van der Waals surface area contributed by atoms with Gasteiger partial charge in [-0.1, -0.05) is 29.8 Å². The molecular weight excluding hydrogens is 396 g/mol. The average molecular weight is 415 g/mol. The van der Waals surface area contributed by atoms with Gasteiger partial charge in [0.25, 0.3) is 0 Å². The number of rotatable bonds is 5. The van der Waals surface area contributed by atoms with Gasteiger partial charge >= 0.3 is 5.97 Å². The lowest BCUT2D eigenvalue weighted by Crippen LogP contribution is -1.98. The Labute approximate surface area is 161 Å². The van der Waals surface area contributed by atoms with Gasteiger partial charge in [0, 0.05) is 5.56 Å². The highest BCUT2D eigenvalue weighted by Crippen LogP contribution is 2.37. The molecule has 1 heterocycles. The van der Waals surface area contributed by atoms with E-state index in [2.05, 4.69) is 15.9 Å². The molecule has 0 saturated carbocycles. The normalized spacial score (nSPS) is 15.0. The van der Waals surface area contributed by atoms with E-state index >= 15 is 0 Å². The molecule has 0 N–H and O–H groups in total. The van der Waals surface area contributed by atoms with Crippen LogP contribution in [0.4, 0.5) is 0 Å². The maximum Gasteiger partial charge on any atom is 0.343 e. The second kappa shape index (κ2) is 7.79. The Morgan fingerprint density at radius 1 is 1.19 bits per heavy atom. The molecule has 134 valence electrons. The van der Waals surface area contributed by atoms with E-state index in [1.807, 2.05) is 50.2 Å². The molecule has 0 aromatic heterocycles. The summed E-state index contributed by atoms with van der Waals surface area (Å²) in [5.74, 6) is 1.42. The lowest BCUT2D eigenvalue weighted by Gasteiger charge is -2.12. The van der Waals surface area contributed by atoms with Crippen molar-refractivity contribution < 1.29 is 19.0 Å². The van der Waals surface area contributed by atoms with Gasteiger partial charge in [0.05, 0.1) is 23.8 Å². The molecule has 1 aliphatic rings. The Morgan fingerprint density at radius 2 is 1.92 bits per heavy atom. The van der Waals surface area contributed by atoms with Crippen molar-refractivity contribution in [2.45, 2.75) is 13.8 Å². The van der Waals surface area contributed by atoms with E-state index in [1.54, 1.807) is 19.3 Å². The molecule has 26 heavy (non-hydrogen) atoms. The van der Waals surface area contributed by atoms with Crippen molar-refractivity contribution in [3.05, 3.63) is 69.2 Å². The highest BCUT2D eigenvalue weighted by Gasteiger charge is 2.22. The van der Waals surface area contributed by atoms with Gasteiger partial charge in [-0.3, -0.25) is 0 Å². The van der Waals surface area contributed by atoms with Crippen molar-refractivity contribution in [1.82, 2.24) is 0 Å². The fraction of sp³-hybridized carbons (Fsp3) is 0.190. The van der Waals surface area contributed by atoms with Crippen LogP contribution in [0.25, 0.3) is 11.8 Å². The van der Waals surface area contributed by atoms with Gasteiger partial charge in [0.1, 0.15) is 5.76 Å². The number of esters is 1. The molecule has 0 atom stereocenters. The van der Waals surface area contributed by atoms with Crippen LogP contribution in [0.1, 0.15) is 23.6 Å². The van der Waals surface area contributed by atoms with Crippen LogP contribution in [0, 0.1) is 6.92 Å². The molecule has 4 nitrogen and oxygen atoms in total. The van der Waals surface area contributed by atoms with Crippen molar-refractivity contribution in [2.75, 3.05) is 13.7 Å². The molecule has 0 unspecified atom stereocenters. The summed E-state index contributed by atoms with van der Waals surface area (Å²) in [5.41, 5.74) is 3.33. The maximum atomic E-state index is 12.2. The summed E-state index contributed by atoms with van der Waals surface area (Å²) in [7, 11) is 1.59. The fourth-order valence-electron chi connectivity index (χ4n) is 2.66. The Bertz CT molecular complexity index is 895. The summed E-state index contributed by atoms with van der Waals surface area (Å²) in [4.78, 5) is 12.2. The molecule has 0 aliphatic carbocycles. The molecule has 2 aromatic rings. The third-order valence-electron chi connectivity index (χ3n) is 3.92. The predicted octanol–water partition coefficient (Wildman–Crippen LogP) is 5.15. The molecule has 0 amide bonds. The molecular formula is C21H19BrO4. The largest absolute Gasteiger partial charge is 0.492 e. The topological polar surface area (TPSA) is 44.8 Å². The molecule has 3 rings (SSSR count). The molecule has 0 fully saturated rings. The quantitative estimate of drug-likeness (QED) is 0.501. The van der Waals surface area contributed by atoms with Gasteiger partial charge in [-0.15, -0.1) is 0 Å². The minimum absolute atomic E-state index is 0.370. The number of carbonyl (C=O) groups excluding carboxylic acids is 1. The van der Waals surface area contributed by atoms with Crippen LogP contribution in [0.5, 0.6) is 11.5 Å². The SMILES string of the molecule is CCOc1cc(/C=C2\C=C(c3ccc(C)cc3)OC2=O)cc(Br)c1OC. The number of hydrogen-bond donors (Lipinski definition) is 0. The van der Waals surface area contributed by atoms with Crippen molar-refractivity contribution >= 4 is 33.7 Å². The lowest BCUT2D eigenvalue weighted by atomic mass is 10.1. The molecule has 0 radical (unpaired) electrons. The van der Waals surface area contributed by atoms with Gasteiger partial charge in [0.2, 0.25) is 0 Å². The first-order valence-corrected chi connectivity index (χ1v) is 9.04. The van der Waals surface area contributed by atoms with Gasteiger partial charge in [-0.2, -0.15) is 0 Å². The van der Waals surface area contributed by atoms with Crippen LogP contribution < -0.4 is 9.47 Å². The number of hydrogen-bond acceptors (Lipinski definition) is 4. The number of halogens is 1. The number of carbonyl (C=O) groups is 1.